The van der Waals surface area contributed by atoms with Crippen LogP contribution in [0.25, 0.3) is 22.0 Å². The number of fused-ring (bicyclic) bond motifs is 2. The first kappa shape index (κ1) is 19.3. The van der Waals surface area contributed by atoms with Crippen LogP contribution in [-0.4, -0.2) is 22.2 Å². The zero-order valence-electron chi connectivity index (χ0n) is 16.4. The van der Waals surface area contributed by atoms with E-state index in [-0.39, 0.29) is 17.8 Å². The maximum Gasteiger partial charge on any atom is 0.303 e. The molecule has 1 N–H and O–H groups in total. The number of aryl methyl sites for hydroxylation is 3. The molecule has 1 aliphatic rings. The number of halogens is 1. The molecule has 0 atom stereocenters. The van der Waals surface area contributed by atoms with Crippen molar-refractivity contribution in [3.63, 3.8) is 0 Å². The van der Waals surface area contributed by atoms with E-state index in [1.807, 2.05) is 19.1 Å². The SMILES string of the molecule is Cc1c(-c2ccc(CCC(=O)O)c3c2CCOC3)c(=O)n(C)c2ccc(F)cc12. The number of ether oxygens (including phenoxy) is 1. The second kappa shape index (κ2) is 7.44. The lowest BCUT2D eigenvalue weighted by atomic mass is 9.86. The molecule has 0 saturated heterocycles. The van der Waals surface area contributed by atoms with E-state index in [9.17, 15) is 14.0 Å². The summed E-state index contributed by atoms with van der Waals surface area (Å²) >= 11 is 0. The molecular weight excluding hydrogens is 373 g/mol. The van der Waals surface area contributed by atoms with Crippen LogP contribution in [0.2, 0.25) is 0 Å². The van der Waals surface area contributed by atoms with E-state index in [0.29, 0.717) is 42.5 Å². The first-order chi connectivity index (χ1) is 13.9. The Balaban J connectivity index is 1.97. The molecule has 0 unspecified atom stereocenters. The zero-order chi connectivity index (χ0) is 20.7. The van der Waals surface area contributed by atoms with Gasteiger partial charge < -0.3 is 14.4 Å². The van der Waals surface area contributed by atoms with Crippen LogP contribution in [0.15, 0.2) is 35.1 Å². The number of carboxylic acids is 1. The molecule has 5 nitrogen and oxygen atoms in total. The van der Waals surface area contributed by atoms with Crippen molar-refractivity contribution in [2.24, 2.45) is 7.05 Å². The molecule has 0 radical (unpaired) electrons. The predicted octanol–water partition coefficient (Wildman–Crippen LogP) is 3.74. The fourth-order valence-corrected chi connectivity index (χ4v) is 4.26. The third-order valence-corrected chi connectivity index (χ3v) is 5.77. The Labute approximate surface area is 167 Å². The standard InChI is InChI=1S/C23H22FNO4/c1-13-18-11-15(24)5-7-20(18)25(2)23(28)22(13)17-6-3-14(4-8-21(26)27)19-12-29-10-9-16(17)19/h3,5-7,11H,4,8-10,12H2,1-2H3,(H,26,27). The first-order valence-electron chi connectivity index (χ1n) is 9.61. The van der Waals surface area contributed by atoms with Crippen LogP contribution >= 0.6 is 0 Å². The van der Waals surface area contributed by atoms with Gasteiger partial charge >= 0.3 is 5.97 Å². The van der Waals surface area contributed by atoms with Gasteiger partial charge in [-0.2, -0.15) is 0 Å². The van der Waals surface area contributed by atoms with Gasteiger partial charge in [0.2, 0.25) is 0 Å². The van der Waals surface area contributed by atoms with Crippen molar-refractivity contribution in [1.82, 2.24) is 4.57 Å². The van der Waals surface area contributed by atoms with Crippen LogP contribution in [0, 0.1) is 12.7 Å². The Morgan fingerprint density at radius 1 is 1.24 bits per heavy atom. The molecular formula is C23H22FNO4. The van der Waals surface area contributed by atoms with Gasteiger partial charge in [-0.05, 0) is 65.8 Å². The molecule has 0 fully saturated rings. The maximum atomic E-state index is 13.9. The van der Waals surface area contributed by atoms with Crippen LogP contribution < -0.4 is 5.56 Å². The molecule has 150 valence electrons. The van der Waals surface area contributed by atoms with E-state index in [0.717, 1.165) is 27.8 Å². The minimum Gasteiger partial charge on any atom is -0.481 e. The predicted molar refractivity (Wildman–Crippen MR) is 109 cm³/mol. The van der Waals surface area contributed by atoms with Crippen molar-refractivity contribution in [3.8, 4) is 11.1 Å². The molecule has 0 aliphatic carbocycles. The van der Waals surface area contributed by atoms with Gasteiger partial charge in [0.05, 0.1) is 24.3 Å². The van der Waals surface area contributed by atoms with Gasteiger partial charge in [-0.3, -0.25) is 9.59 Å². The number of benzene rings is 2. The summed E-state index contributed by atoms with van der Waals surface area (Å²) < 4.78 is 21.1. The molecule has 0 saturated carbocycles. The van der Waals surface area contributed by atoms with Crippen molar-refractivity contribution in [2.75, 3.05) is 6.61 Å². The van der Waals surface area contributed by atoms with Gasteiger partial charge in [0.1, 0.15) is 5.82 Å². The number of hydrogen-bond acceptors (Lipinski definition) is 3. The van der Waals surface area contributed by atoms with Gasteiger partial charge in [-0.15, -0.1) is 0 Å². The highest BCUT2D eigenvalue weighted by Gasteiger charge is 2.23. The Hall–Kier alpha value is -2.99. The molecule has 0 spiro atoms. The van der Waals surface area contributed by atoms with Gasteiger partial charge in [0.15, 0.2) is 0 Å². The second-order valence-electron chi connectivity index (χ2n) is 7.45. The highest BCUT2D eigenvalue weighted by molar-refractivity contribution is 5.89. The number of carboxylic acid groups (broad SMARTS) is 1. The number of carbonyl (C=O) groups is 1. The fraction of sp³-hybridized carbons (Fsp3) is 0.304. The number of rotatable bonds is 4. The van der Waals surface area contributed by atoms with Crippen LogP contribution in [0.3, 0.4) is 0 Å². The van der Waals surface area contributed by atoms with Crippen LogP contribution in [-0.2, 0) is 36.0 Å². The van der Waals surface area contributed by atoms with Gasteiger partial charge in [0, 0.05) is 18.9 Å². The Morgan fingerprint density at radius 3 is 2.79 bits per heavy atom. The topological polar surface area (TPSA) is 68.5 Å². The summed E-state index contributed by atoms with van der Waals surface area (Å²) in [6.45, 7) is 2.80. The van der Waals surface area contributed by atoms with Crippen molar-refractivity contribution in [2.45, 2.75) is 32.8 Å². The molecule has 0 bridgehead atoms. The maximum absolute atomic E-state index is 13.9. The van der Waals surface area contributed by atoms with Crippen LogP contribution in [0.1, 0.15) is 28.7 Å². The van der Waals surface area contributed by atoms with Crippen molar-refractivity contribution >= 4 is 16.9 Å². The number of hydrogen-bond donors (Lipinski definition) is 1. The normalized spacial score (nSPS) is 13.5. The largest absolute Gasteiger partial charge is 0.481 e. The van der Waals surface area contributed by atoms with Crippen LogP contribution in [0.4, 0.5) is 4.39 Å². The van der Waals surface area contributed by atoms with Crippen LogP contribution in [0.5, 0.6) is 0 Å². The Kier molecular flexibility index (Phi) is 4.96. The van der Waals surface area contributed by atoms with Crippen molar-refractivity contribution in [3.05, 3.63) is 68.8 Å². The molecule has 29 heavy (non-hydrogen) atoms. The molecule has 1 aliphatic heterocycles. The molecule has 0 amide bonds. The van der Waals surface area contributed by atoms with E-state index in [1.54, 1.807) is 17.7 Å². The highest BCUT2D eigenvalue weighted by Crippen LogP contribution is 2.34. The first-order valence-corrected chi connectivity index (χ1v) is 9.61. The summed E-state index contributed by atoms with van der Waals surface area (Å²) in [7, 11) is 1.70. The molecule has 1 aromatic heterocycles. The molecule has 4 rings (SSSR count). The summed E-state index contributed by atoms with van der Waals surface area (Å²) in [6, 6.07) is 8.24. The van der Waals surface area contributed by atoms with Gasteiger partial charge in [-0.25, -0.2) is 4.39 Å². The lowest BCUT2D eigenvalue weighted by Crippen LogP contribution is -2.22. The number of aromatic nitrogens is 1. The van der Waals surface area contributed by atoms with E-state index in [2.05, 4.69) is 0 Å². The van der Waals surface area contributed by atoms with E-state index in [4.69, 9.17) is 9.84 Å². The fourth-order valence-electron chi connectivity index (χ4n) is 4.26. The summed E-state index contributed by atoms with van der Waals surface area (Å²) in [5, 5.41) is 9.74. The summed E-state index contributed by atoms with van der Waals surface area (Å²) in [6.07, 6.45) is 1.11. The number of pyridine rings is 1. The highest BCUT2D eigenvalue weighted by atomic mass is 19.1. The Morgan fingerprint density at radius 2 is 2.03 bits per heavy atom. The zero-order valence-corrected chi connectivity index (χ0v) is 16.4. The Bertz CT molecular complexity index is 1200. The average molecular weight is 395 g/mol. The summed E-state index contributed by atoms with van der Waals surface area (Å²) in [4.78, 5) is 24.2. The van der Waals surface area contributed by atoms with E-state index < -0.39 is 5.97 Å². The smallest absolute Gasteiger partial charge is 0.303 e. The number of aliphatic carboxylic acids is 1. The average Bonchev–Trinajstić information content (AvgIpc) is 2.71. The monoisotopic (exact) mass is 395 g/mol. The molecule has 3 aromatic rings. The third-order valence-electron chi connectivity index (χ3n) is 5.77. The minimum atomic E-state index is -0.846. The molecule has 2 heterocycles. The van der Waals surface area contributed by atoms with Crippen molar-refractivity contribution in [1.29, 1.82) is 0 Å². The summed E-state index contributed by atoms with van der Waals surface area (Å²) in [5.41, 5.74) is 5.62. The van der Waals surface area contributed by atoms with E-state index >= 15 is 0 Å². The number of nitrogens with zero attached hydrogens (tertiary/aromatic N) is 1. The quantitative estimate of drug-likeness (QED) is 0.731. The lowest BCUT2D eigenvalue weighted by Gasteiger charge is -2.24. The van der Waals surface area contributed by atoms with Gasteiger partial charge in [0.25, 0.3) is 5.56 Å². The third kappa shape index (κ3) is 3.34. The second-order valence-corrected chi connectivity index (χ2v) is 7.45. The molecule has 6 heteroatoms. The lowest BCUT2D eigenvalue weighted by molar-refractivity contribution is -0.136. The minimum absolute atomic E-state index is 0.0435. The van der Waals surface area contributed by atoms with E-state index in [1.165, 1.54) is 12.1 Å². The summed E-state index contributed by atoms with van der Waals surface area (Å²) in [5.74, 6) is -1.19. The van der Waals surface area contributed by atoms with Crippen molar-refractivity contribution < 1.29 is 19.0 Å². The van der Waals surface area contributed by atoms with Gasteiger partial charge in [-0.1, -0.05) is 12.1 Å². The molecule has 2 aromatic carbocycles.